The second-order valence-electron chi connectivity index (χ2n) is 5.91. The number of benzene rings is 1. The van der Waals surface area contributed by atoms with E-state index in [-0.39, 0.29) is 5.82 Å². The van der Waals surface area contributed by atoms with Crippen LogP contribution in [0.25, 0.3) is 10.9 Å². The van der Waals surface area contributed by atoms with E-state index in [1.807, 2.05) is 24.6 Å². The van der Waals surface area contributed by atoms with Crippen molar-refractivity contribution in [1.29, 1.82) is 0 Å². The lowest BCUT2D eigenvalue weighted by atomic mass is 10.1. The van der Waals surface area contributed by atoms with Gasteiger partial charge in [-0.3, -0.25) is 0 Å². The molecular formula is C18H24FN7. The fraction of sp³-hybridized carbons (Fsp3) is 0.389. The van der Waals surface area contributed by atoms with Crippen molar-refractivity contribution in [2.24, 2.45) is 4.99 Å². The first-order valence-corrected chi connectivity index (χ1v) is 8.85. The Bertz CT molecular complexity index is 881. The minimum Gasteiger partial charge on any atom is -0.361 e. The molecule has 0 saturated carbocycles. The summed E-state index contributed by atoms with van der Waals surface area (Å²) in [5, 5.41) is 15.5. The van der Waals surface area contributed by atoms with Crippen LogP contribution in [0.3, 0.4) is 0 Å². The molecule has 7 nitrogen and oxygen atoms in total. The molecular weight excluding hydrogens is 333 g/mol. The van der Waals surface area contributed by atoms with Crippen LogP contribution in [0.4, 0.5) is 4.39 Å². The maximum Gasteiger partial charge on any atom is 0.191 e. The van der Waals surface area contributed by atoms with Crippen LogP contribution in [0, 0.1) is 5.82 Å². The maximum absolute atomic E-state index is 13.5. The molecule has 0 saturated heterocycles. The fourth-order valence-electron chi connectivity index (χ4n) is 2.83. The van der Waals surface area contributed by atoms with Crippen LogP contribution >= 0.6 is 0 Å². The standard InChI is InChI=1S/C18H24FN7/c1-3-20-18(23-11-17-25-24-12-26(17)4-2)21-8-7-13-10-22-16-6-5-14(19)9-15(13)16/h5-6,9-10,12,22H,3-4,7-8,11H2,1-2H3,(H2,20,21,23). The lowest BCUT2D eigenvalue weighted by Gasteiger charge is -2.11. The lowest BCUT2D eigenvalue weighted by molar-refractivity contribution is 0.629. The summed E-state index contributed by atoms with van der Waals surface area (Å²) < 4.78 is 15.4. The molecule has 0 bridgehead atoms. The van der Waals surface area contributed by atoms with Crippen molar-refractivity contribution in [1.82, 2.24) is 30.4 Å². The number of aromatic amines is 1. The number of nitrogens with zero attached hydrogens (tertiary/aromatic N) is 4. The van der Waals surface area contributed by atoms with E-state index >= 15 is 0 Å². The molecule has 1 aromatic carbocycles. The number of hydrogen-bond donors (Lipinski definition) is 3. The Kier molecular flexibility index (Phi) is 5.83. The van der Waals surface area contributed by atoms with E-state index in [0.29, 0.717) is 13.1 Å². The average molecular weight is 357 g/mol. The third-order valence-electron chi connectivity index (χ3n) is 4.18. The second-order valence-corrected chi connectivity index (χ2v) is 5.91. The highest BCUT2D eigenvalue weighted by Gasteiger charge is 2.06. The summed E-state index contributed by atoms with van der Waals surface area (Å²) in [6.45, 7) is 6.80. The summed E-state index contributed by atoms with van der Waals surface area (Å²) in [5.41, 5.74) is 2.02. The Morgan fingerprint density at radius 2 is 2.19 bits per heavy atom. The van der Waals surface area contributed by atoms with Gasteiger partial charge in [0.15, 0.2) is 11.8 Å². The van der Waals surface area contributed by atoms with Crippen molar-refractivity contribution < 1.29 is 4.39 Å². The van der Waals surface area contributed by atoms with Crippen molar-refractivity contribution in [3.8, 4) is 0 Å². The third-order valence-corrected chi connectivity index (χ3v) is 4.18. The van der Waals surface area contributed by atoms with Crippen LogP contribution in [0.15, 0.2) is 35.7 Å². The minimum atomic E-state index is -0.221. The number of nitrogens with one attached hydrogen (secondary N) is 3. The molecule has 0 aliphatic heterocycles. The molecule has 0 aliphatic rings. The molecule has 3 aromatic rings. The van der Waals surface area contributed by atoms with Crippen LogP contribution in [-0.4, -0.2) is 38.8 Å². The largest absolute Gasteiger partial charge is 0.361 e. The van der Waals surface area contributed by atoms with Gasteiger partial charge in [-0.05, 0) is 44.0 Å². The fourth-order valence-corrected chi connectivity index (χ4v) is 2.83. The van der Waals surface area contributed by atoms with Crippen LogP contribution in [0.2, 0.25) is 0 Å². The van der Waals surface area contributed by atoms with Crippen LogP contribution < -0.4 is 10.6 Å². The zero-order valence-corrected chi connectivity index (χ0v) is 15.1. The van der Waals surface area contributed by atoms with Gasteiger partial charge in [0.25, 0.3) is 0 Å². The van der Waals surface area contributed by atoms with Gasteiger partial charge in [0.2, 0.25) is 0 Å². The Hall–Kier alpha value is -2.90. The molecule has 0 unspecified atom stereocenters. The van der Waals surface area contributed by atoms with Gasteiger partial charge in [-0.25, -0.2) is 9.38 Å². The highest BCUT2D eigenvalue weighted by Crippen LogP contribution is 2.19. The van der Waals surface area contributed by atoms with Gasteiger partial charge in [-0.1, -0.05) is 0 Å². The van der Waals surface area contributed by atoms with E-state index < -0.39 is 0 Å². The molecule has 0 radical (unpaired) electrons. The van der Waals surface area contributed by atoms with E-state index in [0.717, 1.165) is 47.8 Å². The number of rotatable bonds is 7. The summed E-state index contributed by atoms with van der Waals surface area (Å²) in [6.07, 6.45) is 4.40. The summed E-state index contributed by atoms with van der Waals surface area (Å²) in [4.78, 5) is 7.74. The molecule has 3 rings (SSSR count). The predicted molar refractivity (Wildman–Crippen MR) is 100 cm³/mol. The van der Waals surface area contributed by atoms with E-state index in [1.165, 1.54) is 6.07 Å². The van der Waals surface area contributed by atoms with Gasteiger partial charge in [0, 0.05) is 36.7 Å². The first-order chi connectivity index (χ1) is 12.7. The number of H-pyrrole nitrogens is 1. The SMILES string of the molecule is CCNC(=NCc1nncn1CC)NCCc1c[nH]c2ccc(F)cc12. The van der Waals surface area contributed by atoms with Gasteiger partial charge in [0.1, 0.15) is 18.7 Å². The van der Waals surface area contributed by atoms with E-state index in [4.69, 9.17) is 0 Å². The number of fused-ring (bicyclic) bond motifs is 1. The monoisotopic (exact) mass is 357 g/mol. The van der Waals surface area contributed by atoms with Crippen molar-refractivity contribution in [3.63, 3.8) is 0 Å². The first kappa shape index (κ1) is 17.9. The molecule has 0 spiro atoms. The zero-order valence-electron chi connectivity index (χ0n) is 15.1. The molecule has 26 heavy (non-hydrogen) atoms. The minimum absolute atomic E-state index is 0.221. The van der Waals surface area contributed by atoms with Crippen molar-refractivity contribution >= 4 is 16.9 Å². The molecule has 2 aromatic heterocycles. The number of halogens is 1. The summed E-state index contributed by atoms with van der Waals surface area (Å²) in [6, 6.07) is 4.79. The molecule has 0 atom stereocenters. The number of aliphatic imine (C=N–C) groups is 1. The molecule has 138 valence electrons. The zero-order chi connectivity index (χ0) is 18.4. The summed E-state index contributed by atoms with van der Waals surface area (Å²) in [7, 11) is 0. The Labute approximate surface area is 151 Å². The van der Waals surface area contributed by atoms with Crippen molar-refractivity contribution in [3.05, 3.63) is 47.9 Å². The van der Waals surface area contributed by atoms with Crippen molar-refractivity contribution in [2.45, 2.75) is 33.4 Å². The third kappa shape index (κ3) is 4.19. The quantitative estimate of drug-likeness (QED) is 0.447. The highest BCUT2D eigenvalue weighted by molar-refractivity contribution is 5.83. The maximum atomic E-state index is 13.5. The first-order valence-electron chi connectivity index (χ1n) is 8.85. The predicted octanol–water partition coefficient (Wildman–Crippen LogP) is 2.22. The Balaban J connectivity index is 1.61. The van der Waals surface area contributed by atoms with Crippen LogP contribution in [0.1, 0.15) is 25.2 Å². The average Bonchev–Trinajstić information content (AvgIpc) is 3.26. The highest BCUT2D eigenvalue weighted by atomic mass is 19.1. The normalized spacial score (nSPS) is 11.9. The number of aromatic nitrogens is 4. The van der Waals surface area contributed by atoms with Gasteiger partial charge in [0.05, 0.1) is 0 Å². The summed E-state index contributed by atoms with van der Waals surface area (Å²) >= 11 is 0. The molecule has 0 amide bonds. The van der Waals surface area contributed by atoms with Crippen LogP contribution in [0.5, 0.6) is 0 Å². The van der Waals surface area contributed by atoms with E-state index in [9.17, 15) is 4.39 Å². The van der Waals surface area contributed by atoms with Crippen LogP contribution in [-0.2, 0) is 19.5 Å². The Morgan fingerprint density at radius 1 is 1.31 bits per heavy atom. The molecule has 0 fully saturated rings. The van der Waals surface area contributed by atoms with Crippen molar-refractivity contribution in [2.75, 3.05) is 13.1 Å². The van der Waals surface area contributed by atoms with Gasteiger partial charge in [-0.2, -0.15) is 0 Å². The molecule has 3 N–H and O–H groups in total. The van der Waals surface area contributed by atoms with E-state index in [1.54, 1.807) is 18.5 Å². The number of guanidine groups is 1. The van der Waals surface area contributed by atoms with Gasteiger partial charge >= 0.3 is 0 Å². The Morgan fingerprint density at radius 3 is 3.00 bits per heavy atom. The summed E-state index contributed by atoms with van der Waals surface area (Å²) in [5.74, 6) is 1.34. The second kappa shape index (κ2) is 8.46. The molecule has 8 heteroatoms. The molecule has 2 heterocycles. The molecule has 0 aliphatic carbocycles. The van der Waals surface area contributed by atoms with Gasteiger partial charge in [-0.15, -0.1) is 10.2 Å². The number of aryl methyl sites for hydroxylation is 1. The lowest BCUT2D eigenvalue weighted by Crippen LogP contribution is -2.38. The smallest absolute Gasteiger partial charge is 0.191 e. The number of hydrogen-bond acceptors (Lipinski definition) is 3. The topological polar surface area (TPSA) is 82.9 Å². The van der Waals surface area contributed by atoms with E-state index in [2.05, 4.69) is 30.8 Å². The van der Waals surface area contributed by atoms with Gasteiger partial charge < -0.3 is 20.2 Å².